The van der Waals surface area contributed by atoms with E-state index in [2.05, 4.69) is 5.32 Å². The molecule has 2 rings (SSSR count). The van der Waals surface area contributed by atoms with Crippen LogP contribution in [0.3, 0.4) is 0 Å². The first-order valence-corrected chi connectivity index (χ1v) is 5.77. The maximum Gasteiger partial charge on any atom is 0.242 e. The second-order valence-electron chi connectivity index (χ2n) is 4.28. The molecule has 0 aliphatic carbocycles. The predicted octanol–water partition coefficient (Wildman–Crippen LogP) is 0.535. The van der Waals surface area contributed by atoms with Gasteiger partial charge in [-0.05, 0) is 13.0 Å². The average Bonchev–Trinajstić information content (AvgIpc) is 2.75. The van der Waals surface area contributed by atoms with Gasteiger partial charge in [0.25, 0.3) is 0 Å². The average molecular weight is 238 g/mol. The van der Waals surface area contributed by atoms with Crippen LogP contribution >= 0.6 is 0 Å². The molecule has 0 radical (unpaired) electrons. The summed E-state index contributed by atoms with van der Waals surface area (Å²) in [5, 5.41) is 3.15. The molecule has 1 N–H and O–H groups in total. The molecule has 1 fully saturated rings. The van der Waals surface area contributed by atoms with Gasteiger partial charge in [-0.1, -0.05) is 0 Å². The smallest absolute Gasteiger partial charge is 0.242 e. The van der Waals surface area contributed by atoms with E-state index in [4.69, 9.17) is 9.15 Å². The van der Waals surface area contributed by atoms with Crippen LogP contribution in [0, 0.1) is 6.92 Å². The summed E-state index contributed by atoms with van der Waals surface area (Å²) in [6, 6.07) is 1.67. The number of carbonyl (C=O) groups excluding carboxylic acids is 1. The zero-order valence-electron chi connectivity index (χ0n) is 10.2. The molecule has 0 aromatic carbocycles. The first kappa shape index (κ1) is 12.1. The lowest BCUT2D eigenvalue weighted by Gasteiger charge is -2.27. The zero-order chi connectivity index (χ0) is 12.3. The number of rotatable bonds is 3. The SMILES string of the molecule is Cc1occc1CN(C)C(=O)C1COCCN1. The Morgan fingerprint density at radius 2 is 2.47 bits per heavy atom. The van der Waals surface area contributed by atoms with Crippen LogP contribution in [0.25, 0.3) is 0 Å². The third-order valence-electron chi connectivity index (χ3n) is 2.97. The molecule has 2 heterocycles. The minimum absolute atomic E-state index is 0.0605. The Morgan fingerprint density at radius 1 is 1.65 bits per heavy atom. The van der Waals surface area contributed by atoms with Crippen molar-refractivity contribution in [2.45, 2.75) is 19.5 Å². The molecule has 5 heteroatoms. The van der Waals surface area contributed by atoms with E-state index >= 15 is 0 Å². The second kappa shape index (κ2) is 5.33. The molecule has 1 atom stereocenters. The van der Waals surface area contributed by atoms with Crippen molar-refractivity contribution in [3.05, 3.63) is 23.7 Å². The highest BCUT2D eigenvalue weighted by Crippen LogP contribution is 2.12. The summed E-state index contributed by atoms with van der Waals surface area (Å²) in [6.07, 6.45) is 1.64. The fourth-order valence-electron chi connectivity index (χ4n) is 1.90. The monoisotopic (exact) mass is 238 g/mol. The Balaban J connectivity index is 1.93. The summed E-state index contributed by atoms with van der Waals surface area (Å²) in [4.78, 5) is 13.8. The van der Waals surface area contributed by atoms with Crippen molar-refractivity contribution in [3.8, 4) is 0 Å². The molecule has 1 aromatic heterocycles. The lowest BCUT2D eigenvalue weighted by Crippen LogP contribution is -2.51. The van der Waals surface area contributed by atoms with Crippen molar-refractivity contribution < 1.29 is 13.9 Å². The Labute approximate surface area is 101 Å². The van der Waals surface area contributed by atoms with E-state index in [-0.39, 0.29) is 11.9 Å². The molecule has 1 saturated heterocycles. The third kappa shape index (κ3) is 2.87. The van der Waals surface area contributed by atoms with Crippen LogP contribution in [0.1, 0.15) is 11.3 Å². The van der Waals surface area contributed by atoms with Gasteiger partial charge in [0.2, 0.25) is 5.91 Å². The molecule has 1 aromatic rings. The van der Waals surface area contributed by atoms with E-state index in [1.54, 1.807) is 18.2 Å². The lowest BCUT2D eigenvalue weighted by atomic mass is 10.2. The highest BCUT2D eigenvalue weighted by molar-refractivity contribution is 5.81. The number of ether oxygens (including phenoxy) is 1. The summed E-state index contributed by atoms with van der Waals surface area (Å²) < 4.78 is 10.5. The maximum absolute atomic E-state index is 12.1. The zero-order valence-corrected chi connectivity index (χ0v) is 10.2. The molecular weight excluding hydrogens is 220 g/mol. The number of nitrogens with zero attached hydrogens (tertiary/aromatic N) is 1. The first-order chi connectivity index (χ1) is 8.18. The van der Waals surface area contributed by atoms with Crippen LogP contribution in [0.15, 0.2) is 16.7 Å². The topological polar surface area (TPSA) is 54.7 Å². The minimum Gasteiger partial charge on any atom is -0.469 e. The normalized spacial score (nSPS) is 20.2. The van der Waals surface area contributed by atoms with Gasteiger partial charge in [0.05, 0.1) is 19.5 Å². The standard InChI is InChI=1S/C12H18N2O3/c1-9-10(3-5-17-9)7-14(2)12(15)11-8-16-6-4-13-11/h3,5,11,13H,4,6-8H2,1-2H3. The van der Waals surface area contributed by atoms with Gasteiger partial charge in [-0.25, -0.2) is 0 Å². The summed E-state index contributed by atoms with van der Waals surface area (Å²) >= 11 is 0. The van der Waals surface area contributed by atoms with Gasteiger partial charge < -0.3 is 19.4 Å². The molecule has 94 valence electrons. The van der Waals surface area contributed by atoms with Crippen molar-refractivity contribution >= 4 is 5.91 Å². The Bertz CT molecular complexity index is 383. The molecular formula is C12H18N2O3. The van der Waals surface area contributed by atoms with Crippen LogP contribution < -0.4 is 5.32 Å². The highest BCUT2D eigenvalue weighted by atomic mass is 16.5. The largest absolute Gasteiger partial charge is 0.469 e. The quantitative estimate of drug-likeness (QED) is 0.835. The van der Waals surface area contributed by atoms with E-state index in [1.807, 2.05) is 13.0 Å². The Hall–Kier alpha value is -1.33. The number of aryl methyl sites for hydroxylation is 1. The van der Waals surface area contributed by atoms with E-state index in [1.165, 1.54) is 0 Å². The van der Waals surface area contributed by atoms with Gasteiger partial charge in [-0.2, -0.15) is 0 Å². The van der Waals surface area contributed by atoms with Crippen LogP contribution in [-0.4, -0.2) is 43.7 Å². The minimum atomic E-state index is -0.221. The predicted molar refractivity (Wildman–Crippen MR) is 62.5 cm³/mol. The number of carbonyl (C=O) groups is 1. The third-order valence-corrected chi connectivity index (χ3v) is 2.97. The van der Waals surface area contributed by atoms with E-state index in [0.717, 1.165) is 17.9 Å². The summed E-state index contributed by atoms with van der Waals surface area (Å²) in [5.41, 5.74) is 1.04. The number of hydrogen-bond donors (Lipinski definition) is 1. The van der Waals surface area contributed by atoms with Gasteiger partial charge in [0.1, 0.15) is 11.8 Å². The first-order valence-electron chi connectivity index (χ1n) is 5.77. The highest BCUT2D eigenvalue weighted by Gasteiger charge is 2.24. The van der Waals surface area contributed by atoms with Gasteiger partial charge in [0.15, 0.2) is 0 Å². The second-order valence-corrected chi connectivity index (χ2v) is 4.28. The summed E-state index contributed by atoms with van der Waals surface area (Å²) in [7, 11) is 1.80. The van der Waals surface area contributed by atoms with Gasteiger partial charge in [-0.3, -0.25) is 4.79 Å². The number of amides is 1. The molecule has 17 heavy (non-hydrogen) atoms. The van der Waals surface area contributed by atoms with Crippen LogP contribution in [-0.2, 0) is 16.1 Å². The van der Waals surface area contributed by atoms with E-state index in [0.29, 0.717) is 19.8 Å². The van der Waals surface area contributed by atoms with E-state index in [9.17, 15) is 4.79 Å². The number of hydrogen-bond acceptors (Lipinski definition) is 4. The Morgan fingerprint density at radius 3 is 3.06 bits per heavy atom. The van der Waals surface area contributed by atoms with Gasteiger partial charge in [0, 0.05) is 25.7 Å². The van der Waals surface area contributed by atoms with Crippen molar-refractivity contribution in [3.63, 3.8) is 0 Å². The molecule has 0 saturated carbocycles. The number of morpholine rings is 1. The van der Waals surface area contributed by atoms with Crippen LogP contribution in [0.4, 0.5) is 0 Å². The molecule has 5 nitrogen and oxygen atoms in total. The van der Waals surface area contributed by atoms with Crippen molar-refractivity contribution in [2.24, 2.45) is 0 Å². The maximum atomic E-state index is 12.1. The summed E-state index contributed by atoms with van der Waals surface area (Å²) in [6.45, 7) is 4.33. The number of nitrogens with one attached hydrogen (secondary N) is 1. The van der Waals surface area contributed by atoms with Gasteiger partial charge in [-0.15, -0.1) is 0 Å². The Kier molecular flexibility index (Phi) is 3.81. The fourth-order valence-corrected chi connectivity index (χ4v) is 1.90. The fraction of sp³-hybridized carbons (Fsp3) is 0.583. The molecule has 1 aliphatic rings. The molecule has 1 amide bonds. The van der Waals surface area contributed by atoms with Crippen LogP contribution in [0.5, 0.6) is 0 Å². The van der Waals surface area contributed by atoms with Gasteiger partial charge >= 0.3 is 0 Å². The van der Waals surface area contributed by atoms with Crippen molar-refractivity contribution in [2.75, 3.05) is 26.8 Å². The molecule has 0 bridgehead atoms. The van der Waals surface area contributed by atoms with Crippen molar-refractivity contribution in [1.82, 2.24) is 10.2 Å². The summed E-state index contributed by atoms with van der Waals surface area (Å²) in [5.74, 6) is 0.919. The molecule has 1 unspecified atom stereocenters. The molecule has 0 spiro atoms. The van der Waals surface area contributed by atoms with Crippen molar-refractivity contribution in [1.29, 1.82) is 0 Å². The lowest BCUT2D eigenvalue weighted by molar-refractivity contribution is -0.135. The number of likely N-dealkylation sites (N-methyl/N-ethyl adjacent to an activating group) is 1. The number of furan rings is 1. The van der Waals surface area contributed by atoms with E-state index < -0.39 is 0 Å². The van der Waals surface area contributed by atoms with Crippen LogP contribution in [0.2, 0.25) is 0 Å². The molecule has 1 aliphatic heterocycles.